The van der Waals surface area contributed by atoms with Gasteiger partial charge in [0.2, 0.25) is 0 Å². The molecule has 18 heavy (non-hydrogen) atoms. The molecular weight excluding hydrogens is 341 g/mol. The van der Waals surface area contributed by atoms with E-state index < -0.39 is 0 Å². The molecule has 0 aromatic heterocycles. The zero-order valence-corrected chi connectivity index (χ0v) is 14.4. The molecule has 108 valence electrons. The molecule has 3 N–H and O–H groups in total. The lowest BCUT2D eigenvalue weighted by molar-refractivity contribution is 0.0241. The predicted octanol–water partition coefficient (Wildman–Crippen LogP) is 2.37. The molecule has 1 fully saturated rings. The highest BCUT2D eigenvalue weighted by Crippen LogP contribution is 2.25. The molecule has 0 amide bonds. The Morgan fingerprint density at radius 3 is 2.44 bits per heavy atom. The topological polar surface area (TPSA) is 59.6 Å². The third-order valence-electron chi connectivity index (χ3n) is 3.47. The number of aliphatic imine (C=N–C) groups is 1. The molecule has 0 aromatic carbocycles. The highest BCUT2D eigenvalue weighted by Gasteiger charge is 2.24. The molecule has 1 rings (SSSR count). The van der Waals surface area contributed by atoms with Gasteiger partial charge in [-0.25, -0.2) is 0 Å². The van der Waals surface area contributed by atoms with Crippen molar-refractivity contribution in [3.8, 4) is 0 Å². The van der Waals surface area contributed by atoms with E-state index in [1.165, 1.54) is 19.3 Å². The average molecular weight is 369 g/mol. The minimum absolute atomic E-state index is 0. The summed E-state index contributed by atoms with van der Waals surface area (Å²) in [6.07, 6.45) is 4.11. The molecule has 0 aromatic rings. The van der Waals surface area contributed by atoms with Crippen LogP contribution in [0.1, 0.15) is 40.0 Å². The Morgan fingerprint density at radius 1 is 1.44 bits per heavy atom. The maximum absolute atomic E-state index is 5.83. The van der Waals surface area contributed by atoms with Crippen LogP contribution in [0.4, 0.5) is 0 Å². The van der Waals surface area contributed by atoms with Crippen molar-refractivity contribution in [2.45, 2.75) is 46.1 Å². The van der Waals surface area contributed by atoms with Crippen LogP contribution in [-0.4, -0.2) is 32.3 Å². The first kappa shape index (κ1) is 18.0. The molecule has 0 bridgehead atoms. The number of halogens is 1. The lowest BCUT2D eigenvalue weighted by Crippen LogP contribution is -2.39. The summed E-state index contributed by atoms with van der Waals surface area (Å²) in [6, 6.07) is 0. The molecule has 5 heteroatoms. The van der Waals surface area contributed by atoms with Crippen LogP contribution in [-0.2, 0) is 4.74 Å². The van der Waals surface area contributed by atoms with Crippen molar-refractivity contribution in [3.63, 3.8) is 0 Å². The van der Waals surface area contributed by atoms with Crippen molar-refractivity contribution in [2.75, 3.05) is 20.2 Å². The maximum Gasteiger partial charge on any atom is 0.188 e. The molecule has 1 saturated carbocycles. The Bertz CT molecular complexity index is 259. The number of nitrogens with zero attached hydrogens (tertiary/aromatic N) is 1. The van der Waals surface area contributed by atoms with E-state index in [1.54, 1.807) is 7.11 Å². The molecule has 0 spiro atoms. The van der Waals surface area contributed by atoms with Crippen LogP contribution < -0.4 is 11.1 Å². The van der Waals surface area contributed by atoms with Gasteiger partial charge in [0, 0.05) is 13.7 Å². The quantitative estimate of drug-likeness (QED) is 0.444. The van der Waals surface area contributed by atoms with Crippen molar-refractivity contribution in [1.82, 2.24) is 5.32 Å². The fourth-order valence-corrected chi connectivity index (χ4v) is 1.88. The second kappa shape index (κ2) is 8.19. The molecule has 1 aliphatic rings. The van der Waals surface area contributed by atoms with Crippen molar-refractivity contribution < 1.29 is 4.74 Å². The van der Waals surface area contributed by atoms with Crippen LogP contribution >= 0.6 is 24.0 Å². The summed E-state index contributed by atoms with van der Waals surface area (Å²) in [7, 11) is 1.73. The van der Waals surface area contributed by atoms with Gasteiger partial charge in [-0.3, -0.25) is 4.99 Å². The fourth-order valence-electron chi connectivity index (χ4n) is 1.88. The number of nitrogens with one attached hydrogen (secondary N) is 1. The third kappa shape index (κ3) is 6.22. The highest BCUT2D eigenvalue weighted by molar-refractivity contribution is 14.0. The average Bonchev–Trinajstić information content (AvgIpc) is 2.14. The number of hydrogen-bond acceptors (Lipinski definition) is 2. The van der Waals surface area contributed by atoms with Gasteiger partial charge in [0.1, 0.15) is 0 Å². The summed E-state index contributed by atoms with van der Waals surface area (Å²) in [5.74, 6) is 1.34. The van der Waals surface area contributed by atoms with Crippen molar-refractivity contribution in [2.24, 2.45) is 22.1 Å². The van der Waals surface area contributed by atoms with Gasteiger partial charge in [0.25, 0.3) is 0 Å². The maximum atomic E-state index is 5.83. The predicted molar refractivity (Wildman–Crippen MR) is 87.5 cm³/mol. The van der Waals surface area contributed by atoms with Crippen molar-refractivity contribution in [1.29, 1.82) is 0 Å². The molecular formula is C13H28IN3O. The van der Waals surface area contributed by atoms with Crippen LogP contribution in [0.15, 0.2) is 4.99 Å². The third-order valence-corrected chi connectivity index (χ3v) is 3.47. The Hall–Kier alpha value is -0.0400. The summed E-state index contributed by atoms with van der Waals surface area (Å²) in [5.41, 5.74) is 5.92. The Morgan fingerprint density at radius 2 is 2.06 bits per heavy atom. The van der Waals surface area contributed by atoms with Crippen molar-refractivity contribution in [3.05, 3.63) is 0 Å². The summed E-state index contributed by atoms with van der Waals surface area (Å²) in [6.45, 7) is 8.02. The van der Waals surface area contributed by atoms with E-state index in [0.717, 1.165) is 12.5 Å². The minimum atomic E-state index is 0. The molecule has 1 atom stereocenters. The van der Waals surface area contributed by atoms with E-state index in [4.69, 9.17) is 10.5 Å². The van der Waals surface area contributed by atoms with Crippen molar-refractivity contribution >= 4 is 29.9 Å². The fraction of sp³-hybridized carbons (Fsp3) is 0.923. The first-order chi connectivity index (χ1) is 7.93. The van der Waals surface area contributed by atoms with E-state index in [1.807, 2.05) is 0 Å². The van der Waals surface area contributed by atoms with Crippen LogP contribution in [0.25, 0.3) is 0 Å². The van der Waals surface area contributed by atoms with E-state index in [2.05, 4.69) is 31.1 Å². The standard InChI is InChI=1S/C13H27N3O.HI/c1-13(2,3)11(17-4)9-16-12(14)15-8-10-6-5-7-10;/h10-11H,5-9H2,1-4H3,(H3,14,15,16);1H. The number of rotatable bonds is 5. The molecule has 1 aliphatic carbocycles. The van der Waals surface area contributed by atoms with Crippen LogP contribution in [0, 0.1) is 11.3 Å². The van der Waals surface area contributed by atoms with Crippen LogP contribution in [0.2, 0.25) is 0 Å². The van der Waals surface area contributed by atoms with E-state index in [-0.39, 0.29) is 35.5 Å². The second-order valence-corrected chi connectivity index (χ2v) is 5.99. The zero-order chi connectivity index (χ0) is 12.9. The summed E-state index contributed by atoms with van der Waals surface area (Å²) in [4.78, 5) is 4.35. The lowest BCUT2D eigenvalue weighted by atomic mass is 9.85. The number of methoxy groups -OCH3 is 1. The monoisotopic (exact) mass is 369 g/mol. The molecule has 4 nitrogen and oxygen atoms in total. The highest BCUT2D eigenvalue weighted by atomic mass is 127. The summed E-state index contributed by atoms with van der Waals surface area (Å²) < 4.78 is 5.43. The number of hydrogen-bond donors (Lipinski definition) is 2. The lowest BCUT2D eigenvalue weighted by Gasteiger charge is -2.28. The van der Waals surface area contributed by atoms with Gasteiger partial charge in [-0.05, 0) is 24.2 Å². The van der Waals surface area contributed by atoms with Gasteiger partial charge in [-0.2, -0.15) is 0 Å². The first-order valence-corrected chi connectivity index (χ1v) is 6.50. The molecule has 0 radical (unpaired) electrons. The smallest absolute Gasteiger partial charge is 0.188 e. The normalized spacial score (nSPS) is 18.8. The Labute approximate surface area is 128 Å². The van der Waals surface area contributed by atoms with E-state index >= 15 is 0 Å². The summed E-state index contributed by atoms with van der Waals surface area (Å²) >= 11 is 0. The molecule has 0 heterocycles. The second-order valence-electron chi connectivity index (χ2n) is 5.99. The van der Waals surface area contributed by atoms with Gasteiger partial charge in [-0.15, -0.1) is 24.0 Å². The largest absolute Gasteiger partial charge is 0.379 e. The number of ether oxygens (including phenoxy) is 1. The SMILES string of the molecule is COC(CN=C(N)NCC1CCC1)C(C)(C)C.I. The van der Waals surface area contributed by atoms with E-state index in [0.29, 0.717) is 12.5 Å². The van der Waals surface area contributed by atoms with E-state index in [9.17, 15) is 0 Å². The zero-order valence-electron chi connectivity index (χ0n) is 12.0. The minimum Gasteiger partial charge on any atom is -0.379 e. The number of guanidine groups is 1. The summed E-state index contributed by atoms with van der Waals surface area (Å²) in [5, 5.41) is 3.19. The first-order valence-electron chi connectivity index (χ1n) is 6.50. The van der Waals surface area contributed by atoms with Gasteiger partial charge in [0.15, 0.2) is 5.96 Å². The molecule has 0 saturated heterocycles. The molecule has 0 aliphatic heterocycles. The molecule has 1 unspecified atom stereocenters. The van der Waals surface area contributed by atoms with Crippen LogP contribution in [0.5, 0.6) is 0 Å². The van der Waals surface area contributed by atoms with Gasteiger partial charge in [-0.1, -0.05) is 27.2 Å². The van der Waals surface area contributed by atoms with Crippen LogP contribution in [0.3, 0.4) is 0 Å². The number of nitrogens with two attached hydrogens (primary N) is 1. The van der Waals surface area contributed by atoms with Gasteiger partial charge < -0.3 is 15.8 Å². The Balaban J connectivity index is 0.00000289. The van der Waals surface area contributed by atoms with Gasteiger partial charge >= 0.3 is 0 Å². The Kier molecular flexibility index (Phi) is 8.18. The van der Waals surface area contributed by atoms with Gasteiger partial charge in [0.05, 0.1) is 12.6 Å².